The van der Waals surface area contributed by atoms with Crippen LogP contribution in [-0.4, -0.2) is 21.1 Å². The van der Waals surface area contributed by atoms with Crippen LogP contribution >= 0.6 is 0 Å². The van der Waals surface area contributed by atoms with E-state index >= 15 is 0 Å². The lowest BCUT2D eigenvalue weighted by molar-refractivity contribution is 0.102. The van der Waals surface area contributed by atoms with Gasteiger partial charge in [0.05, 0.1) is 5.52 Å². The van der Waals surface area contributed by atoms with Crippen LogP contribution in [0.3, 0.4) is 0 Å². The van der Waals surface area contributed by atoms with E-state index in [9.17, 15) is 13.6 Å². The van der Waals surface area contributed by atoms with Crippen LogP contribution in [0.1, 0.15) is 10.5 Å². The molecule has 0 saturated carbocycles. The van der Waals surface area contributed by atoms with E-state index in [-0.39, 0.29) is 11.3 Å². The SMILES string of the molecule is O=C(Nc1ccncc1)c1n[nH]c2ccc(-c3cccc(F)c3F)cc12. The maximum atomic E-state index is 14.1. The van der Waals surface area contributed by atoms with Crippen molar-refractivity contribution < 1.29 is 13.6 Å². The van der Waals surface area contributed by atoms with E-state index in [2.05, 4.69) is 20.5 Å². The third-order valence-corrected chi connectivity index (χ3v) is 3.98. The molecule has 5 nitrogen and oxygen atoms in total. The summed E-state index contributed by atoms with van der Waals surface area (Å²) in [5, 5.41) is 10.0. The van der Waals surface area contributed by atoms with E-state index in [1.54, 1.807) is 42.7 Å². The predicted octanol–water partition coefficient (Wildman–Crippen LogP) is 4.16. The van der Waals surface area contributed by atoms with E-state index in [1.165, 1.54) is 12.1 Å². The minimum atomic E-state index is -0.932. The number of rotatable bonds is 3. The molecule has 4 rings (SSSR count). The number of halogens is 2. The highest BCUT2D eigenvalue weighted by Crippen LogP contribution is 2.28. The van der Waals surface area contributed by atoms with Crippen molar-refractivity contribution in [3.8, 4) is 11.1 Å². The number of carbonyl (C=O) groups is 1. The summed E-state index contributed by atoms with van der Waals surface area (Å²) in [7, 11) is 0. The molecule has 2 heterocycles. The van der Waals surface area contributed by atoms with Gasteiger partial charge in [0.15, 0.2) is 17.3 Å². The Kier molecular flexibility index (Phi) is 3.89. The van der Waals surface area contributed by atoms with Crippen molar-refractivity contribution in [3.63, 3.8) is 0 Å². The fourth-order valence-electron chi connectivity index (χ4n) is 2.71. The molecule has 4 aromatic rings. The quantitative estimate of drug-likeness (QED) is 0.583. The second-order valence-corrected chi connectivity index (χ2v) is 5.62. The van der Waals surface area contributed by atoms with Crippen molar-refractivity contribution in [2.75, 3.05) is 5.32 Å². The second-order valence-electron chi connectivity index (χ2n) is 5.62. The molecule has 0 aliphatic rings. The van der Waals surface area contributed by atoms with Crippen LogP contribution in [0.4, 0.5) is 14.5 Å². The Balaban J connectivity index is 1.75. The standard InChI is InChI=1S/C19H12F2N4O/c20-15-3-1-2-13(17(15)21)11-4-5-16-14(10-11)18(25-24-16)19(26)23-12-6-8-22-9-7-12/h1-10H,(H,24,25)(H,22,23,26). The lowest BCUT2D eigenvalue weighted by Gasteiger charge is -2.06. The Labute approximate surface area is 146 Å². The van der Waals surface area contributed by atoms with Crippen molar-refractivity contribution in [1.29, 1.82) is 0 Å². The number of benzene rings is 2. The summed E-state index contributed by atoms with van der Waals surface area (Å²) < 4.78 is 27.6. The molecule has 0 atom stereocenters. The van der Waals surface area contributed by atoms with Gasteiger partial charge in [-0.25, -0.2) is 8.78 Å². The first-order chi connectivity index (χ1) is 12.6. The molecule has 26 heavy (non-hydrogen) atoms. The number of hydrogen-bond donors (Lipinski definition) is 2. The molecule has 0 spiro atoms. The zero-order valence-electron chi connectivity index (χ0n) is 13.3. The van der Waals surface area contributed by atoms with Gasteiger partial charge in [-0.2, -0.15) is 5.10 Å². The molecule has 0 aliphatic heterocycles. The van der Waals surface area contributed by atoms with E-state index < -0.39 is 17.5 Å². The van der Waals surface area contributed by atoms with Crippen LogP contribution in [-0.2, 0) is 0 Å². The number of aromatic amines is 1. The predicted molar refractivity (Wildman–Crippen MR) is 93.6 cm³/mol. The number of H-pyrrole nitrogens is 1. The Morgan fingerprint density at radius 2 is 1.85 bits per heavy atom. The van der Waals surface area contributed by atoms with Gasteiger partial charge in [0.2, 0.25) is 0 Å². The van der Waals surface area contributed by atoms with Crippen molar-refractivity contribution in [3.05, 3.63) is 78.3 Å². The Morgan fingerprint density at radius 3 is 2.65 bits per heavy atom. The summed E-state index contributed by atoms with van der Waals surface area (Å²) >= 11 is 0. The first-order valence-electron chi connectivity index (χ1n) is 7.77. The molecular formula is C19H12F2N4O. The third kappa shape index (κ3) is 2.79. The molecule has 0 aliphatic carbocycles. The number of amides is 1. The minimum absolute atomic E-state index is 0.119. The molecule has 0 fully saturated rings. The topological polar surface area (TPSA) is 70.7 Å². The molecule has 2 N–H and O–H groups in total. The molecular weight excluding hydrogens is 338 g/mol. The van der Waals surface area contributed by atoms with Gasteiger partial charge in [0.1, 0.15) is 0 Å². The van der Waals surface area contributed by atoms with Gasteiger partial charge in [-0.1, -0.05) is 18.2 Å². The van der Waals surface area contributed by atoms with E-state index in [4.69, 9.17) is 0 Å². The van der Waals surface area contributed by atoms with Gasteiger partial charge in [-0.05, 0) is 35.9 Å². The van der Waals surface area contributed by atoms with Crippen LogP contribution < -0.4 is 5.32 Å². The van der Waals surface area contributed by atoms with Gasteiger partial charge in [-0.15, -0.1) is 0 Å². The van der Waals surface area contributed by atoms with Gasteiger partial charge < -0.3 is 5.32 Å². The van der Waals surface area contributed by atoms with Crippen LogP contribution in [0, 0.1) is 11.6 Å². The van der Waals surface area contributed by atoms with Crippen molar-refractivity contribution >= 4 is 22.5 Å². The number of carbonyl (C=O) groups excluding carboxylic acids is 1. The van der Waals surface area contributed by atoms with Gasteiger partial charge in [0.25, 0.3) is 5.91 Å². The Morgan fingerprint density at radius 1 is 1.04 bits per heavy atom. The highest BCUT2D eigenvalue weighted by Gasteiger charge is 2.17. The van der Waals surface area contributed by atoms with Gasteiger partial charge >= 0.3 is 0 Å². The summed E-state index contributed by atoms with van der Waals surface area (Å²) in [6.07, 6.45) is 3.12. The third-order valence-electron chi connectivity index (χ3n) is 3.98. The van der Waals surface area contributed by atoms with E-state index in [1.807, 2.05) is 0 Å². The molecule has 0 unspecified atom stereocenters. The molecule has 128 valence electrons. The molecule has 2 aromatic heterocycles. The van der Waals surface area contributed by atoms with Crippen molar-refractivity contribution in [2.24, 2.45) is 0 Å². The number of fused-ring (bicyclic) bond motifs is 1. The number of anilines is 1. The number of pyridine rings is 1. The zero-order chi connectivity index (χ0) is 18.1. The average molecular weight is 350 g/mol. The first-order valence-corrected chi connectivity index (χ1v) is 7.77. The van der Waals surface area contributed by atoms with Crippen LogP contribution in [0.2, 0.25) is 0 Å². The first kappa shape index (κ1) is 15.9. The maximum absolute atomic E-state index is 14.1. The second kappa shape index (κ2) is 6.36. The normalized spacial score (nSPS) is 10.8. The molecule has 0 saturated heterocycles. The average Bonchev–Trinajstić information content (AvgIpc) is 3.08. The number of nitrogens with zero attached hydrogens (tertiary/aromatic N) is 2. The molecule has 1 amide bonds. The molecule has 7 heteroatoms. The highest BCUT2D eigenvalue weighted by atomic mass is 19.2. The summed E-state index contributed by atoms with van der Waals surface area (Å²) in [4.78, 5) is 16.4. The monoisotopic (exact) mass is 350 g/mol. The van der Waals surface area contributed by atoms with Gasteiger partial charge in [-0.3, -0.25) is 14.9 Å². The lowest BCUT2D eigenvalue weighted by Crippen LogP contribution is -2.12. The summed E-state index contributed by atoms with van der Waals surface area (Å²) in [6, 6.07) is 12.2. The lowest BCUT2D eigenvalue weighted by atomic mass is 10.0. The van der Waals surface area contributed by atoms with Crippen LogP contribution in [0.25, 0.3) is 22.0 Å². The number of aromatic nitrogens is 3. The van der Waals surface area contributed by atoms with Crippen molar-refractivity contribution in [2.45, 2.75) is 0 Å². The minimum Gasteiger partial charge on any atom is -0.320 e. The molecule has 0 bridgehead atoms. The van der Waals surface area contributed by atoms with Crippen LogP contribution in [0.5, 0.6) is 0 Å². The summed E-state index contributed by atoms with van der Waals surface area (Å²) in [6.45, 7) is 0. The number of hydrogen-bond acceptors (Lipinski definition) is 3. The maximum Gasteiger partial charge on any atom is 0.276 e. The largest absolute Gasteiger partial charge is 0.320 e. The van der Waals surface area contributed by atoms with Crippen molar-refractivity contribution in [1.82, 2.24) is 15.2 Å². The molecule has 0 radical (unpaired) electrons. The smallest absolute Gasteiger partial charge is 0.276 e. The fourth-order valence-corrected chi connectivity index (χ4v) is 2.71. The zero-order valence-corrected chi connectivity index (χ0v) is 13.3. The van der Waals surface area contributed by atoms with Gasteiger partial charge in [0, 0.05) is 29.0 Å². The molecule has 2 aromatic carbocycles. The van der Waals surface area contributed by atoms with Crippen LogP contribution in [0.15, 0.2) is 60.9 Å². The fraction of sp³-hybridized carbons (Fsp3) is 0. The van der Waals surface area contributed by atoms with E-state index in [0.29, 0.717) is 22.2 Å². The number of nitrogens with one attached hydrogen (secondary N) is 2. The van der Waals surface area contributed by atoms with E-state index in [0.717, 1.165) is 6.07 Å². The Bertz CT molecular complexity index is 1110. The highest BCUT2D eigenvalue weighted by molar-refractivity contribution is 6.11. The Hall–Kier alpha value is -3.61. The summed E-state index contributed by atoms with van der Waals surface area (Å²) in [5.41, 5.74) is 1.93. The summed E-state index contributed by atoms with van der Waals surface area (Å²) in [5.74, 6) is -2.28.